The molecule has 0 atom stereocenters. The standard InChI is InChI=1S/C8H5ClN2O5/c9-6-3-5(1-2-10(13)14)8(12)7(4-6)11(15)16/h1-4,12H/b2-1+. The second-order valence-corrected chi connectivity index (χ2v) is 3.16. The fourth-order valence-electron chi connectivity index (χ4n) is 1.01. The number of rotatable bonds is 3. The number of aromatic hydroxyl groups is 1. The highest BCUT2D eigenvalue weighted by atomic mass is 35.5. The first kappa shape index (κ1) is 11.9. The summed E-state index contributed by atoms with van der Waals surface area (Å²) in [5, 5.41) is 30.0. The monoisotopic (exact) mass is 244 g/mol. The predicted molar refractivity (Wildman–Crippen MR) is 55.8 cm³/mol. The summed E-state index contributed by atoms with van der Waals surface area (Å²) in [5.41, 5.74) is -0.689. The van der Waals surface area contributed by atoms with Crippen LogP contribution in [0, 0.1) is 20.2 Å². The molecule has 0 aliphatic rings. The van der Waals surface area contributed by atoms with Crippen molar-refractivity contribution in [2.24, 2.45) is 0 Å². The van der Waals surface area contributed by atoms with Crippen LogP contribution in [0.3, 0.4) is 0 Å². The number of phenols is 1. The Morgan fingerprint density at radius 3 is 2.44 bits per heavy atom. The van der Waals surface area contributed by atoms with Gasteiger partial charge in [0.2, 0.25) is 11.9 Å². The SMILES string of the molecule is O=[N+]([O-])/C=C/c1cc(Cl)cc([N+](=O)[O-])c1O. The van der Waals surface area contributed by atoms with Gasteiger partial charge in [-0.3, -0.25) is 20.2 Å². The first-order valence-corrected chi connectivity index (χ1v) is 4.28. The smallest absolute Gasteiger partial charge is 0.312 e. The van der Waals surface area contributed by atoms with Crippen molar-refractivity contribution in [1.82, 2.24) is 0 Å². The van der Waals surface area contributed by atoms with E-state index in [0.29, 0.717) is 6.20 Å². The van der Waals surface area contributed by atoms with Crippen molar-refractivity contribution < 1.29 is 15.0 Å². The molecule has 0 aliphatic carbocycles. The van der Waals surface area contributed by atoms with Gasteiger partial charge in [-0.25, -0.2) is 0 Å². The summed E-state index contributed by atoms with van der Waals surface area (Å²) in [6.07, 6.45) is 1.48. The fourth-order valence-corrected chi connectivity index (χ4v) is 1.23. The maximum absolute atomic E-state index is 10.5. The minimum Gasteiger partial charge on any atom is -0.502 e. The molecule has 0 heterocycles. The van der Waals surface area contributed by atoms with Crippen molar-refractivity contribution in [2.45, 2.75) is 0 Å². The molecule has 0 fully saturated rings. The summed E-state index contributed by atoms with van der Waals surface area (Å²) < 4.78 is 0. The van der Waals surface area contributed by atoms with E-state index < -0.39 is 21.3 Å². The third-order valence-corrected chi connectivity index (χ3v) is 1.87. The number of hydrogen-bond donors (Lipinski definition) is 1. The molecular weight excluding hydrogens is 240 g/mol. The van der Waals surface area contributed by atoms with Crippen LogP contribution in [0.2, 0.25) is 5.02 Å². The molecule has 0 amide bonds. The van der Waals surface area contributed by atoms with E-state index in [2.05, 4.69) is 0 Å². The van der Waals surface area contributed by atoms with E-state index in [1.165, 1.54) is 6.07 Å². The van der Waals surface area contributed by atoms with Crippen molar-refractivity contribution in [3.05, 3.63) is 49.1 Å². The quantitative estimate of drug-likeness (QED) is 0.648. The molecule has 0 aromatic heterocycles. The number of nitrogens with zero attached hydrogens (tertiary/aromatic N) is 2. The molecular formula is C8H5ClN2O5. The van der Waals surface area contributed by atoms with Crippen molar-refractivity contribution in [3.63, 3.8) is 0 Å². The lowest BCUT2D eigenvalue weighted by molar-refractivity contribution is -0.401. The van der Waals surface area contributed by atoms with Crippen LogP contribution in [0.1, 0.15) is 5.56 Å². The van der Waals surface area contributed by atoms with E-state index in [0.717, 1.165) is 12.1 Å². The molecule has 1 aromatic rings. The highest BCUT2D eigenvalue weighted by Gasteiger charge is 2.17. The van der Waals surface area contributed by atoms with Crippen LogP contribution < -0.4 is 0 Å². The Morgan fingerprint density at radius 2 is 1.94 bits per heavy atom. The third kappa shape index (κ3) is 2.67. The number of hydrogen-bond acceptors (Lipinski definition) is 5. The Bertz CT molecular complexity index is 486. The number of nitro benzene ring substituents is 1. The Labute approximate surface area is 93.9 Å². The molecule has 0 unspecified atom stereocenters. The Kier molecular flexibility index (Phi) is 3.41. The number of benzene rings is 1. The van der Waals surface area contributed by atoms with Crippen LogP contribution in [0.15, 0.2) is 18.3 Å². The molecule has 0 bridgehead atoms. The van der Waals surface area contributed by atoms with E-state index in [-0.39, 0.29) is 10.6 Å². The zero-order valence-electron chi connectivity index (χ0n) is 7.66. The molecule has 84 valence electrons. The van der Waals surface area contributed by atoms with Gasteiger partial charge < -0.3 is 5.11 Å². The third-order valence-electron chi connectivity index (χ3n) is 1.66. The summed E-state index contributed by atoms with van der Waals surface area (Å²) in [6.45, 7) is 0. The summed E-state index contributed by atoms with van der Waals surface area (Å²) in [6, 6.07) is 2.14. The van der Waals surface area contributed by atoms with E-state index in [1.54, 1.807) is 0 Å². The minimum absolute atomic E-state index is 0.00694. The molecule has 1 aromatic carbocycles. The number of halogens is 1. The number of phenolic OH excluding ortho intramolecular Hbond substituents is 1. The van der Waals surface area contributed by atoms with Gasteiger partial charge in [-0.05, 0) is 6.07 Å². The van der Waals surface area contributed by atoms with E-state index in [1.807, 2.05) is 0 Å². The van der Waals surface area contributed by atoms with Crippen LogP contribution >= 0.6 is 11.6 Å². The van der Waals surface area contributed by atoms with Crippen molar-refractivity contribution in [2.75, 3.05) is 0 Å². The van der Waals surface area contributed by atoms with Gasteiger partial charge in [0.15, 0.2) is 0 Å². The van der Waals surface area contributed by atoms with E-state index in [9.17, 15) is 25.3 Å². The maximum Gasteiger partial charge on any atom is 0.312 e. The van der Waals surface area contributed by atoms with Gasteiger partial charge >= 0.3 is 5.69 Å². The Morgan fingerprint density at radius 1 is 1.31 bits per heavy atom. The summed E-state index contributed by atoms with van der Waals surface area (Å²) in [4.78, 5) is 19.0. The normalized spacial score (nSPS) is 10.6. The highest BCUT2D eigenvalue weighted by molar-refractivity contribution is 6.31. The first-order valence-electron chi connectivity index (χ1n) is 3.90. The van der Waals surface area contributed by atoms with Crippen molar-refractivity contribution in [1.29, 1.82) is 0 Å². The van der Waals surface area contributed by atoms with Gasteiger partial charge in [-0.15, -0.1) is 0 Å². The predicted octanol–water partition coefficient (Wildman–Crippen LogP) is 2.20. The lowest BCUT2D eigenvalue weighted by Crippen LogP contribution is -1.91. The van der Waals surface area contributed by atoms with Crippen LogP contribution in [-0.4, -0.2) is 15.0 Å². The largest absolute Gasteiger partial charge is 0.502 e. The average molecular weight is 245 g/mol. The average Bonchev–Trinajstić information content (AvgIpc) is 2.18. The van der Waals surface area contributed by atoms with Gasteiger partial charge in [0.05, 0.1) is 9.85 Å². The molecule has 8 heteroatoms. The fraction of sp³-hybridized carbons (Fsp3) is 0. The van der Waals surface area contributed by atoms with Gasteiger partial charge in [0.1, 0.15) is 0 Å². The van der Waals surface area contributed by atoms with Gasteiger partial charge in [-0.2, -0.15) is 0 Å². The molecule has 1 rings (SSSR count). The molecule has 1 N–H and O–H groups in total. The first-order chi connectivity index (χ1) is 7.41. The van der Waals surface area contributed by atoms with Crippen LogP contribution in [0.4, 0.5) is 5.69 Å². The molecule has 0 aliphatic heterocycles. The van der Waals surface area contributed by atoms with Gasteiger partial charge in [0.25, 0.3) is 0 Å². The lowest BCUT2D eigenvalue weighted by Gasteiger charge is -2.00. The highest BCUT2D eigenvalue weighted by Crippen LogP contribution is 2.33. The van der Waals surface area contributed by atoms with Crippen LogP contribution in [-0.2, 0) is 0 Å². The molecule has 0 radical (unpaired) electrons. The number of nitro groups is 2. The zero-order valence-corrected chi connectivity index (χ0v) is 8.42. The van der Waals surface area contributed by atoms with Crippen LogP contribution in [0.5, 0.6) is 5.75 Å². The van der Waals surface area contributed by atoms with Gasteiger partial charge in [0, 0.05) is 22.7 Å². The molecule has 16 heavy (non-hydrogen) atoms. The second kappa shape index (κ2) is 4.58. The maximum atomic E-state index is 10.5. The summed E-state index contributed by atoms with van der Waals surface area (Å²) >= 11 is 5.56. The topological polar surface area (TPSA) is 107 Å². The summed E-state index contributed by atoms with van der Waals surface area (Å²) in [7, 11) is 0. The summed E-state index contributed by atoms with van der Waals surface area (Å²) in [5.74, 6) is -0.660. The van der Waals surface area contributed by atoms with E-state index >= 15 is 0 Å². The van der Waals surface area contributed by atoms with Crippen molar-refractivity contribution in [3.8, 4) is 5.75 Å². The molecule has 0 saturated carbocycles. The van der Waals surface area contributed by atoms with Crippen molar-refractivity contribution >= 4 is 23.4 Å². The lowest BCUT2D eigenvalue weighted by atomic mass is 10.1. The molecule has 0 saturated heterocycles. The van der Waals surface area contributed by atoms with Gasteiger partial charge in [-0.1, -0.05) is 11.6 Å². The zero-order chi connectivity index (χ0) is 12.3. The Balaban J connectivity index is 3.29. The molecule has 0 spiro atoms. The van der Waals surface area contributed by atoms with E-state index in [4.69, 9.17) is 11.6 Å². The minimum atomic E-state index is -0.829. The second-order valence-electron chi connectivity index (χ2n) is 2.72. The van der Waals surface area contributed by atoms with Crippen LogP contribution in [0.25, 0.3) is 6.08 Å². The molecule has 7 nitrogen and oxygen atoms in total. The Hall–Kier alpha value is -2.15.